The van der Waals surface area contributed by atoms with Crippen molar-refractivity contribution in [2.24, 2.45) is 5.16 Å². The number of hydrogen-bond donors (Lipinski definition) is 0. The Labute approximate surface area is 194 Å². The molecular weight excluding hydrogens is 398 g/mol. The fourth-order valence-corrected chi connectivity index (χ4v) is 3.77. The van der Waals surface area contributed by atoms with Crippen LogP contribution in [0.15, 0.2) is 53.7 Å². The van der Waals surface area contributed by atoms with Crippen molar-refractivity contribution in [1.29, 1.82) is 0 Å². The fourth-order valence-electron chi connectivity index (χ4n) is 3.77. The molecule has 0 aliphatic rings. The first kappa shape index (κ1) is 25.5. The first-order chi connectivity index (χ1) is 15.5. The van der Waals surface area contributed by atoms with Gasteiger partial charge in [0.2, 0.25) is 0 Å². The highest BCUT2D eigenvalue weighted by atomic mass is 16.6. The molecule has 0 aliphatic heterocycles. The van der Waals surface area contributed by atoms with Crippen LogP contribution in [0, 0.1) is 13.8 Å². The number of rotatable bonds is 14. The topological polar surface area (TPSA) is 40.0 Å². The van der Waals surface area contributed by atoms with Gasteiger partial charge in [0.1, 0.15) is 25.2 Å². The number of hydrogen-bond acceptors (Lipinski definition) is 4. The molecule has 0 fully saturated rings. The maximum absolute atomic E-state index is 6.10. The number of benzene rings is 2. The number of oxime groups is 1. The molecule has 4 heteroatoms. The molecule has 0 amide bonds. The molecule has 0 bridgehead atoms. The van der Waals surface area contributed by atoms with Crippen molar-refractivity contribution < 1.29 is 14.3 Å². The summed E-state index contributed by atoms with van der Waals surface area (Å²) in [5.74, 6) is 2.44. The Hall–Kier alpha value is -2.75. The van der Waals surface area contributed by atoms with E-state index in [0.717, 1.165) is 41.2 Å². The molecule has 0 aliphatic carbocycles. The van der Waals surface area contributed by atoms with Gasteiger partial charge in [0, 0.05) is 0 Å². The predicted molar refractivity (Wildman–Crippen MR) is 134 cm³/mol. The summed E-state index contributed by atoms with van der Waals surface area (Å²) >= 11 is 0. The quantitative estimate of drug-likeness (QED) is 0.134. The molecule has 2 aromatic rings. The lowest BCUT2D eigenvalue weighted by molar-refractivity contribution is 0.215. The highest BCUT2D eigenvalue weighted by Gasteiger charge is 2.08. The van der Waals surface area contributed by atoms with E-state index in [1.807, 2.05) is 25.1 Å². The molecule has 0 heterocycles. The van der Waals surface area contributed by atoms with E-state index in [-0.39, 0.29) is 0 Å². The number of allylic oxidation sites excluding steroid dienone is 1. The average molecular weight is 438 g/mol. The third kappa shape index (κ3) is 8.78. The van der Waals surface area contributed by atoms with Crippen LogP contribution in [-0.2, 0) is 4.84 Å². The predicted octanol–water partition coefficient (Wildman–Crippen LogP) is 7.37. The van der Waals surface area contributed by atoms with E-state index in [0.29, 0.717) is 12.5 Å². The third-order valence-electron chi connectivity index (χ3n) is 5.58. The van der Waals surface area contributed by atoms with Crippen molar-refractivity contribution >= 4 is 6.21 Å². The number of unbranched alkanes of at least 4 members (excludes halogenated alkanes) is 3. The van der Waals surface area contributed by atoms with Gasteiger partial charge >= 0.3 is 0 Å². The Morgan fingerprint density at radius 1 is 0.969 bits per heavy atom. The van der Waals surface area contributed by atoms with Crippen molar-refractivity contribution in [3.63, 3.8) is 0 Å². The maximum Gasteiger partial charge on any atom is 0.125 e. The van der Waals surface area contributed by atoms with Crippen LogP contribution in [-0.4, -0.2) is 26.5 Å². The lowest BCUT2D eigenvalue weighted by atomic mass is 9.94. The van der Waals surface area contributed by atoms with Gasteiger partial charge in [-0.2, -0.15) is 0 Å². The largest absolute Gasteiger partial charge is 0.493 e. The summed E-state index contributed by atoms with van der Waals surface area (Å²) in [5.41, 5.74) is 4.70. The van der Waals surface area contributed by atoms with Gasteiger partial charge in [-0.1, -0.05) is 61.7 Å². The Morgan fingerprint density at radius 2 is 1.72 bits per heavy atom. The molecule has 0 aromatic heterocycles. The van der Waals surface area contributed by atoms with Crippen LogP contribution in [0.1, 0.15) is 74.1 Å². The van der Waals surface area contributed by atoms with E-state index in [9.17, 15) is 0 Å². The standard InChI is InChI=1S/C28H39NO3/c1-6-7-16-31-27-18-23(3)28(24(4)19-27)32-17-11-9-8-10-13-22(2)26-15-12-14-25(20-26)21-29-30-5/h6-7,12,14-15,18-22H,8-11,13,16-17H2,1-5H3/b7-6+,29-21+. The summed E-state index contributed by atoms with van der Waals surface area (Å²) in [6.45, 7) is 9.83. The van der Waals surface area contributed by atoms with Crippen molar-refractivity contribution in [1.82, 2.24) is 0 Å². The van der Waals surface area contributed by atoms with Gasteiger partial charge in [-0.15, -0.1) is 0 Å². The number of ether oxygens (including phenoxy) is 2. The highest BCUT2D eigenvalue weighted by Crippen LogP contribution is 2.29. The van der Waals surface area contributed by atoms with E-state index < -0.39 is 0 Å². The monoisotopic (exact) mass is 437 g/mol. The van der Waals surface area contributed by atoms with Gasteiger partial charge in [0.15, 0.2) is 0 Å². The number of aryl methyl sites for hydroxylation is 2. The zero-order valence-electron chi connectivity index (χ0n) is 20.4. The van der Waals surface area contributed by atoms with E-state index in [4.69, 9.17) is 14.3 Å². The van der Waals surface area contributed by atoms with Gasteiger partial charge < -0.3 is 14.3 Å². The van der Waals surface area contributed by atoms with Gasteiger partial charge in [0.05, 0.1) is 12.8 Å². The Bertz CT molecular complexity index is 850. The minimum Gasteiger partial charge on any atom is -0.493 e. The summed E-state index contributed by atoms with van der Waals surface area (Å²) in [6.07, 6.45) is 11.7. The molecule has 4 nitrogen and oxygen atoms in total. The lowest BCUT2D eigenvalue weighted by Crippen LogP contribution is -2.02. The van der Waals surface area contributed by atoms with Crippen LogP contribution in [0.2, 0.25) is 0 Å². The maximum atomic E-state index is 6.10. The van der Waals surface area contributed by atoms with Gasteiger partial charge in [-0.05, 0) is 80.0 Å². The van der Waals surface area contributed by atoms with E-state index in [1.165, 1.54) is 31.2 Å². The fraction of sp³-hybridized carbons (Fsp3) is 0.464. The van der Waals surface area contributed by atoms with Crippen LogP contribution in [0.25, 0.3) is 0 Å². The molecule has 2 aromatic carbocycles. The van der Waals surface area contributed by atoms with Gasteiger partial charge in [0.25, 0.3) is 0 Å². The van der Waals surface area contributed by atoms with E-state index in [2.05, 4.69) is 56.3 Å². The lowest BCUT2D eigenvalue weighted by Gasteiger charge is -2.15. The van der Waals surface area contributed by atoms with Crippen LogP contribution in [0.5, 0.6) is 11.5 Å². The molecule has 174 valence electrons. The second kappa shape index (κ2) is 14.3. The van der Waals surface area contributed by atoms with Gasteiger partial charge in [-0.25, -0.2) is 0 Å². The van der Waals surface area contributed by atoms with Gasteiger partial charge in [-0.3, -0.25) is 0 Å². The molecule has 1 unspecified atom stereocenters. The second-order valence-corrected chi connectivity index (χ2v) is 8.31. The molecule has 0 radical (unpaired) electrons. The molecule has 2 rings (SSSR count). The summed E-state index contributed by atoms with van der Waals surface area (Å²) in [7, 11) is 1.56. The summed E-state index contributed by atoms with van der Waals surface area (Å²) < 4.78 is 11.9. The van der Waals surface area contributed by atoms with E-state index >= 15 is 0 Å². The molecule has 0 saturated carbocycles. The normalized spacial score (nSPS) is 12.4. The van der Waals surface area contributed by atoms with Crippen molar-refractivity contribution in [3.05, 3.63) is 70.8 Å². The minimum atomic E-state index is 0.543. The smallest absolute Gasteiger partial charge is 0.125 e. The van der Waals surface area contributed by atoms with Crippen LogP contribution >= 0.6 is 0 Å². The Balaban J connectivity index is 1.68. The van der Waals surface area contributed by atoms with Crippen LogP contribution in [0.3, 0.4) is 0 Å². The Kier molecular flexibility index (Phi) is 11.4. The SMILES string of the molecule is C/C=C/COc1cc(C)c(OCCCCCCC(C)c2cccc(/C=N/OC)c2)c(C)c1. The molecular formula is C28H39NO3. The summed E-state index contributed by atoms with van der Waals surface area (Å²) in [4.78, 5) is 4.77. The average Bonchev–Trinajstić information content (AvgIpc) is 2.78. The minimum absolute atomic E-state index is 0.543. The summed E-state index contributed by atoms with van der Waals surface area (Å²) in [5, 5.41) is 3.85. The third-order valence-corrected chi connectivity index (χ3v) is 5.58. The molecule has 0 spiro atoms. The molecule has 0 saturated heterocycles. The van der Waals surface area contributed by atoms with Crippen LogP contribution in [0.4, 0.5) is 0 Å². The molecule has 0 N–H and O–H groups in total. The Morgan fingerprint density at radius 3 is 2.44 bits per heavy atom. The van der Waals surface area contributed by atoms with Crippen molar-refractivity contribution in [3.8, 4) is 11.5 Å². The summed E-state index contributed by atoms with van der Waals surface area (Å²) in [6, 6.07) is 12.6. The molecule has 1 atom stereocenters. The number of nitrogens with zero attached hydrogens (tertiary/aromatic N) is 1. The zero-order valence-corrected chi connectivity index (χ0v) is 20.4. The second-order valence-electron chi connectivity index (χ2n) is 8.31. The molecule has 32 heavy (non-hydrogen) atoms. The highest BCUT2D eigenvalue weighted by molar-refractivity contribution is 5.79. The first-order valence-electron chi connectivity index (χ1n) is 11.7. The first-order valence-corrected chi connectivity index (χ1v) is 11.7. The van der Waals surface area contributed by atoms with Crippen molar-refractivity contribution in [2.45, 2.75) is 65.7 Å². The van der Waals surface area contributed by atoms with Crippen LogP contribution < -0.4 is 9.47 Å². The zero-order chi connectivity index (χ0) is 23.2. The van der Waals surface area contributed by atoms with E-state index in [1.54, 1.807) is 13.3 Å². The van der Waals surface area contributed by atoms with Crippen molar-refractivity contribution in [2.75, 3.05) is 20.3 Å².